The fourth-order valence-electron chi connectivity index (χ4n) is 3.08. The molecule has 1 aliphatic rings. The van der Waals surface area contributed by atoms with E-state index in [0.29, 0.717) is 4.83 Å². The third-order valence-corrected chi connectivity index (χ3v) is 7.03. The van der Waals surface area contributed by atoms with Crippen LogP contribution in [0.3, 0.4) is 0 Å². The predicted molar refractivity (Wildman–Crippen MR) is 96.9 cm³/mol. The number of aryl methyl sites for hydroxylation is 4. The molecule has 0 amide bonds. The summed E-state index contributed by atoms with van der Waals surface area (Å²) < 4.78 is 0. The fourth-order valence-corrected chi connectivity index (χ4v) is 5.10. The first kappa shape index (κ1) is 15.3. The highest BCUT2D eigenvalue weighted by Crippen LogP contribution is 2.37. The minimum Gasteiger partial charge on any atom is -0.144 e. The van der Waals surface area contributed by atoms with Crippen LogP contribution in [-0.4, -0.2) is 0 Å². The molecule has 0 N–H and O–H groups in total. The summed E-state index contributed by atoms with van der Waals surface area (Å²) in [7, 11) is 0. The zero-order chi connectivity index (χ0) is 14.8. The Morgan fingerprint density at radius 2 is 1.86 bits per heavy atom. The topological polar surface area (TPSA) is 0 Å². The Kier molecular flexibility index (Phi) is 4.85. The number of rotatable bonds is 3. The zero-order valence-corrected chi connectivity index (χ0v) is 15.3. The predicted octanol–water partition coefficient (Wildman–Crippen LogP) is 6.31. The number of benzene rings is 1. The maximum atomic E-state index is 3.92. The Morgan fingerprint density at radius 1 is 1.05 bits per heavy atom. The Hall–Kier alpha value is -0.600. The van der Waals surface area contributed by atoms with E-state index < -0.39 is 0 Å². The number of thiophene rings is 1. The Morgan fingerprint density at radius 3 is 2.67 bits per heavy atom. The number of halogens is 1. The van der Waals surface area contributed by atoms with Crippen molar-refractivity contribution in [2.45, 2.75) is 57.2 Å². The lowest BCUT2D eigenvalue weighted by Gasteiger charge is -2.10. The van der Waals surface area contributed by atoms with Gasteiger partial charge in [-0.2, -0.15) is 0 Å². The van der Waals surface area contributed by atoms with Gasteiger partial charge in [0.1, 0.15) is 0 Å². The molecule has 0 saturated carbocycles. The molecule has 0 nitrogen and oxygen atoms in total. The van der Waals surface area contributed by atoms with E-state index in [1.165, 1.54) is 53.7 Å². The van der Waals surface area contributed by atoms with Crippen LogP contribution in [0.5, 0.6) is 0 Å². The van der Waals surface area contributed by atoms with Crippen molar-refractivity contribution < 1.29 is 0 Å². The van der Waals surface area contributed by atoms with Crippen LogP contribution in [0.15, 0.2) is 24.3 Å². The largest absolute Gasteiger partial charge is 0.144 e. The summed E-state index contributed by atoms with van der Waals surface area (Å²) in [5.41, 5.74) is 5.84. The average molecular weight is 363 g/mol. The van der Waals surface area contributed by atoms with Crippen molar-refractivity contribution in [3.05, 3.63) is 56.3 Å². The van der Waals surface area contributed by atoms with E-state index >= 15 is 0 Å². The molecule has 0 saturated heterocycles. The van der Waals surface area contributed by atoms with Gasteiger partial charge >= 0.3 is 0 Å². The van der Waals surface area contributed by atoms with Crippen molar-refractivity contribution in [1.82, 2.24) is 0 Å². The van der Waals surface area contributed by atoms with Crippen LogP contribution in [0.2, 0.25) is 0 Å². The highest BCUT2D eigenvalue weighted by atomic mass is 79.9. The Balaban J connectivity index is 1.75. The molecule has 1 aliphatic carbocycles. The van der Waals surface area contributed by atoms with Crippen LogP contribution >= 0.6 is 27.3 Å². The van der Waals surface area contributed by atoms with Gasteiger partial charge in [0.05, 0.1) is 4.83 Å². The minimum atomic E-state index is 0.455. The number of hydrogen-bond donors (Lipinski definition) is 0. The maximum absolute atomic E-state index is 3.92. The first-order valence-corrected chi connectivity index (χ1v) is 9.68. The van der Waals surface area contributed by atoms with Gasteiger partial charge in [-0.05, 0) is 74.3 Å². The third kappa shape index (κ3) is 3.60. The van der Waals surface area contributed by atoms with Crippen molar-refractivity contribution in [3.63, 3.8) is 0 Å². The maximum Gasteiger partial charge on any atom is 0.0529 e. The van der Waals surface area contributed by atoms with Gasteiger partial charge in [0.2, 0.25) is 0 Å². The summed E-state index contributed by atoms with van der Waals surface area (Å²) in [6, 6.07) is 9.32. The van der Waals surface area contributed by atoms with E-state index in [1.54, 1.807) is 10.4 Å². The van der Waals surface area contributed by atoms with Gasteiger partial charge in [0.15, 0.2) is 0 Å². The molecule has 0 fully saturated rings. The van der Waals surface area contributed by atoms with E-state index in [0.717, 1.165) is 6.42 Å². The van der Waals surface area contributed by atoms with Crippen molar-refractivity contribution >= 4 is 27.3 Å². The van der Waals surface area contributed by atoms with E-state index in [9.17, 15) is 0 Å². The van der Waals surface area contributed by atoms with Gasteiger partial charge < -0.3 is 0 Å². The second-order valence-corrected chi connectivity index (χ2v) is 8.52. The first-order chi connectivity index (χ1) is 10.1. The molecular weight excluding hydrogens is 340 g/mol. The Labute approximate surface area is 140 Å². The molecule has 1 heterocycles. The lowest BCUT2D eigenvalue weighted by atomic mass is 10.0. The fraction of sp³-hybridized carbons (Fsp3) is 0.474. The molecule has 0 aliphatic heterocycles. The molecule has 3 rings (SSSR count). The second kappa shape index (κ2) is 6.66. The van der Waals surface area contributed by atoms with Gasteiger partial charge in [-0.1, -0.05) is 40.5 Å². The standard InChI is InChI=1S/C19H23BrS/c1-13-8-9-15(10-14(13)2)11-17(20)19-12-16-6-4-3-5-7-18(16)21-19/h8-10,12,17H,3-7,11H2,1-2H3. The average Bonchev–Trinajstić information content (AvgIpc) is 2.74. The van der Waals surface area contributed by atoms with Crippen molar-refractivity contribution in [3.8, 4) is 0 Å². The SMILES string of the molecule is Cc1ccc(CC(Br)c2cc3c(s2)CCCCC3)cc1C. The second-order valence-electron chi connectivity index (χ2n) is 6.25. The highest BCUT2D eigenvalue weighted by Gasteiger charge is 2.17. The van der Waals surface area contributed by atoms with Gasteiger partial charge in [-0.3, -0.25) is 0 Å². The van der Waals surface area contributed by atoms with Crippen LogP contribution in [-0.2, 0) is 19.3 Å². The number of hydrogen-bond acceptors (Lipinski definition) is 1. The first-order valence-electron chi connectivity index (χ1n) is 7.95. The molecule has 0 bridgehead atoms. The lowest BCUT2D eigenvalue weighted by Crippen LogP contribution is -1.94. The number of alkyl halides is 1. The molecule has 112 valence electrons. The molecule has 2 heteroatoms. The monoisotopic (exact) mass is 362 g/mol. The third-order valence-electron chi connectivity index (χ3n) is 4.56. The van der Waals surface area contributed by atoms with Crippen LogP contribution in [0, 0.1) is 13.8 Å². The summed E-state index contributed by atoms with van der Waals surface area (Å²) >= 11 is 5.96. The summed E-state index contributed by atoms with van der Waals surface area (Å²) in [5, 5.41) is 0. The van der Waals surface area contributed by atoms with Gasteiger partial charge in [0, 0.05) is 9.75 Å². The molecule has 0 radical (unpaired) electrons. The molecule has 2 aromatic rings. The van der Waals surface area contributed by atoms with Crippen molar-refractivity contribution in [2.75, 3.05) is 0 Å². The van der Waals surface area contributed by atoms with Gasteiger partial charge in [-0.15, -0.1) is 11.3 Å². The quantitative estimate of drug-likeness (QED) is 0.443. The molecule has 0 spiro atoms. The molecule has 21 heavy (non-hydrogen) atoms. The van der Waals surface area contributed by atoms with Gasteiger partial charge in [-0.25, -0.2) is 0 Å². The van der Waals surface area contributed by atoms with Crippen LogP contribution in [0.4, 0.5) is 0 Å². The van der Waals surface area contributed by atoms with Crippen molar-refractivity contribution in [2.24, 2.45) is 0 Å². The summed E-state index contributed by atoms with van der Waals surface area (Å²) in [5.74, 6) is 0. The van der Waals surface area contributed by atoms with Crippen LogP contribution in [0.1, 0.15) is 56.1 Å². The van der Waals surface area contributed by atoms with Crippen molar-refractivity contribution in [1.29, 1.82) is 0 Å². The number of fused-ring (bicyclic) bond motifs is 1. The summed E-state index contributed by atoms with van der Waals surface area (Å²) in [6.45, 7) is 4.39. The zero-order valence-electron chi connectivity index (χ0n) is 12.9. The molecule has 1 aromatic heterocycles. The Bertz CT molecular complexity index is 603. The smallest absolute Gasteiger partial charge is 0.0529 e. The van der Waals surface area contributed by atoms with Gasteiger partial charge in [0.25, 0.3) is 0 Å². The minimum absolute atomic E-state index is 0.455. The van der Waals surface area contributed by atoms with E-state index in [2.05, 4.69) is 54.0 Å². The molecule has 1 atom stereocenters. The van der Waals surface area contributed by atoms with Crippen LogP contribution < -0.4 is 0 Å². The molecular formula is C19H23BrS. The van der Waals surface area contributed by atoms with Crippen LogP contribution in [0.25, 0.3) is 0 Å². The molecule has 1 unspecified atom stereocenters. The molecule has 1 aromatic carbocycles. The summed E-state index contributed by atoms with van der Waals surface area (Å²) in [6.07, 6.45) is 7.81. The van der Waals surface area contributed by atoms with E-state index in [1.807, 2.05) is 11.3 Å². The normalized spacial score (nSPS) is 16.3. The highest BCUT2D eigenvalue weighted by molar-refractivity contribution is 9.09. The summed E-state index contributed by atoms with van der Waals surface area (Å²) in [4.78, 5) is 3.61. The lowest BCUT2D eigenvalue weighted by molar-refractivity contribution is 0.712. The van der Waals surface area contributed by atoms with E-state index in [-0.39, 0.29) is 0 Å². The van der Waals surface area contributed by atoms with E-state index in [4.69, 9.17) is 0 Å².